The molecule has 0 aliphatic heterocycles. The topological polar surface area (TPSA) is 185 Å². The Hall–Kier alpha value is -3.61. The van der Waals surface area contributed by atoms with E-state index in [0.29, 0.717) is 16.8 Å². The van der Waals surface area contributed by atoms with E-state index in [1.54, 1.807) is 30.5 Å². The standard InChI is InChI=1S/C28H29N3O8S/c1-31(2)21-16-10-12-8-15-14(17-6-4-5-7-30-17)9-13(11-40(3)39)22(32)19(15)23(33)18(12)25(35)28(16,38)26(36)20(24(21)34)27(29)37/h4-7,9,12,16,18,20-21,32,38H,8,10-11H2,1-3H3,(H2,29,37)/t12-,16-,18?,20?,21-,28-,40?/m0/s1. The van der Waals surface area contributed by atoms with Crippen LogP contribution in [0.2, 0.25) is 0 Å². The first kappa shape index (κ1) is 27.9. The van der Waals surface area contributed by atoms with Crippen LogP contribution < -0.4 is 5.73 Å². The molecule has 1 aromatic carbocycles. The molecule has 11 nitrogen and oxygen atoms in total. The molecule has 0 radical (unpaired) electrons. The largest absolute Gasteiger partial charge is 0.507 e. The number of phenolic OH excluding ortho intramolecular Hbond substituents is 1. The van der Waals surface area contributed by atoms with Crippen molar-refractivity contribution < 1.29 is 38.4 Å². The summed E-state index contributed by atoms with van der Waals surface area (Å²) in [4.78, 5) is 72.7. The van der Waals surface area contributed by atoms with Crippen LogP contribution in [0.1, 0.15) is 27.9 Å². The predicted molar refractivity (Wildman–Crippen MR) is 142 cm³/mol. The smallest absolute Gasteiger partial charge is 0.235 e. The van der Waals surface area contributed by atoms with E-state index in [1.165, 1.54) is 25.3 Å². The first-order chi connectivity index (χ1) is 18.8. The summed E-state index contributed by atoms with van der Waals surface area (Å²) in [6, 6.07) is 5.67. The highest BCUT2D eigenvalue weighted by atomic mass is 32.2. The van der Waals surface area contributed by atoms with Crippen LogP contribution in [-0.4, -0.2) is 85.3 Å². The number of phenols is 1. The number of fused-ring (bicyclic) bond motifs is 3. The number of ketones is 4. The third-order valence-electron chi connectivity index (χ3n) is 8.44. The number of likely N-dealkylation sites (N-methyl/N-ethyl adjacent to an activating group) is 1. The number of amides is 1. The van der Waals surface area contributed by atoms with E-state index in [2.05, 4.69) is 4.98 Å². The number of aromatic nitrogens is 1. The van der Waals surface area contributed by atoms with Gasteiger partial charge in [0.15, 0.2) is 34.7 Å². The lowest BCUT2D eigenvalue weighted by atomic mass is 9.52. The first-order valence-electron chi connectivity index (χ1n) is 12.7. The number of nitrogens with two attached hydrogens (primary N) is 1. The van der Waals surface area contributed by atoms with Gasteiger partial charge in [-0.2, -0.15) is 0 Å². The van der Waals surface area contributed by atoms with E-state index in [4.69, 9.17) is 5.73 Å². The van der Waals surface area contributed by atoms with Crippen molar-refractivity contribution >= 4 is 39.8 Å². The first-order valence-corrected chi connectivity index (χ1v) is 14.5. The van der Waals surface area contributed by atoms with Crippen LogP contribution >= 0.6 is 0 Å². The number of nitrogens with zero attached hydrogens (tertiary/aromatic N) is 2. The number of rotatable bonds is 5. The number of Topliss-reactive ketones (excluding diaryl/α,β-unsaturated/α-hetero) is 4. The zero-order chi connectivity index (χ0) is 29.3. The fourth-order valence-corrected chi connectivity index (χ4v) is 7.47. The molecule has 0 saturated heterocycles. The van der Waals surface area contributed by atoms with Gasteiger partial charge in [-0.15, -0.1) is 0 Å². The van der Waals surface area contributed by atoms with Crippen LogP contribution in [0.15, 0.2) is 30.5 Å². The Balaban J connectivity index is 1.70. The fourth-order valence-electron chi connectivity index (χ4n) is 6.81. The van der Waals surface area contributed by atoms with Crippen LogP contribution in [-0.2, 0) is 42.2 Å². The van der Waals surface area contributed by atoms with Gasteiger partial charge in [0.25, 0.3) is 0 Å². The number of hydrogen-bond donors (Lipinski definition) is 3. The van der Waals surface area contributed by atoms with Gasteiger partial charge in [0.1, 0.15) is 5.75 Å². The third-order valence-corrected chi connectivity index (χ3v) is 9.16. The highest BCUT2D eigenvalue weighted by molar-refractivity contribution is 7.83. The predicted octanol–water partition coefficient (Wildman–Crippen LogP) is -0.192. The molecule has 4 N–H and O–H groups in total. The maximum atomic E-state index is 14.1. The summed E-state index contributed by atoms with van der Waals surface area (Å²) in [5, 5.41) is 22.9. The normalized spacial score (nSPS) is 30.5. The lowest BCUT2D eigenvalue weighted by Gasteiger charge is -2.52. The molecule has 1 heterocycles. The van der Waals surface area contributed by atoms with E-state index in [-0.39, 0.29) is 29.7 Å². The minimum Gasteiger partial charge on any atom is -0.507 e. The van der Waals surface area contributed by atoms with E-state index < -0.39 is 80.9 Å². The molecule has 0 bridgehead atoms. The van der Waals surface area contributed by atoms with Gasteiger partial charge in [0, 0.05) is 40.3 Å². The van der Waals surface area contributed by atoms with Gasteiger partial charge in [-0.05, 0) is 56.6 Å². The van der Waals surface area contributed by atoms with Crippen LogP contribution in [0.3, 0.4) is 0 Å². The second-order valence-electron chi connectivity index (χ2n) is 11.0. The Morgan fingerprint density at radius 3 is 2.48 bits per heavy atom. The highest BCUT2D eigenvalue weighted by Crippen LogP contribution is 2.52. The molecule has 7 atom stereocenters. The number of hydrogen-bond acceptors (Lipinski definition) is 10. The van der Waals surface area contributed by atoms with Crippen molar-refractivity contribution in [1.29, 1.82) is 0 Å². The molecule has 210 valence electrons. The average Bonchev–Trinajstić information content (AvgIpc) is 2.87. The molecule has 5 rings (SSSR count). The average molecular weight is 568 g/mol. The molecule has 2 fully saturated rings. The number of aliphatic hydroxyl groups is 1. The van der Waals surface area contributed by atoms with E-state index >= 15 is 0 Å². The summed E-state index contributed by atoms with van der Waals surface area (Å²) in [7, 11) is 1.69. The summed E-state index contributed by atoms with van der Waals surface area (Å²) in [5.74, 6) is -11.2. The van der Waals surface area contributed by atoms with E-state index in [9.17, 15) is 38.4 Å². The molecule has 2 saturated carbocycles. The second kappa shape index (κ2) is 9.79. The van der Waals surface area contributed by atoms with Crippen molar-refractivity contribution in [3.05, 3.63) is 47.2 Å². The van der Waals surface area contributed by atoms with Crippen LogP contribution in [0.25, 0.3) is 11.3 Å². The highest BCUT2D eigenvalue weighted by Gasteiger charge is 2.69. The van der Waals surface area contributed by atoms with Crippen LogP contribution in [0.5, 0.6) is 5.75 Å². The SMILES string of the molecule is CN(C)[C@@H]1C(=O)C(C(N)=O)C(=O)[C@@]2(O)C(=O)C3C(=O)c4c(O)c(CS(C)=O)cc(-c5ccccn5)c4C[C@H]3C[C@@H]12. The van der Waals surface area contributed by atoms with Crippen molar-refractivity contribution in [2.45, 2.75) is 30.2 Å². The van der Waals surface area contributed by atoms with Gasteiger partial charge in [-0.25, -0.2) is 0 Å². The number of primary amides is 1. The van der Waals surface area contributed by atoms with Crippen molar-refractivity contribution in [3.8, 4) is 17.0 Å². The van der Waals surface area contributed by atoms with Gasteiger partial charge < -0.3 is 15.9 Å². The Kier molecular flexibility index (Phi) is 6.84. The summed E-state index contributed by atoms with van der Waals surface area (Å²) in [5.41, 5.74) is 4.12. The minimum absolute atomic E-state index is 0.0486. The molecule has 1 amide bonds. The van der Waals surface area contributed by atoms with Gasteiger partial charge in [0.05, 0.1) is 29.0 Å². The summed E-state index contributed by atoms with van der Waals surface area (Å²) in [6.45, 7) is 0. The zero-order valence-electron chi connectivity index (χ0n) is 22.1. The minimum atomic E-state index is -2.79. The van der Waals surface area contributed by atoms with Crippen molar-refractivity contribution in [2.75, 3.05) is 20.4 Å². The maximum Gasteiger partial charge on any atom is 0.235 e. The van der Waals surface area contributed by atoms with Crippen molar-refractivity contribution in [3.63, 3.8) is 0 Å². The summed E-state index contributed by atoms with van der Waals surface area (Å²) >= 11 is 0. The molecular weight excluding hydrogens is 538 g/mol. The number of carbonyl (C=O) groups is 5. The fraction of sp³-hybridized carbons (Fsp3) is 0.429. The number of pyridine rings is 1. The molecule has 3 unspecified atom stereocenters. The van der Waals surface area contributed by atoms with Gasteiger partial charge in [-0.1, -0.05) is 6.07 Å². The van der Waals surface area contributed by atoms with Crippen molar-refractivity contribution in [2.24, 2.45) is 29.4 Å². The lowest BCUT2D eigenvalue weighted by Crippen LogP contribution is -2.74. The molecule has 0 spiro atoms. The summed E-state index contributed by atoms with van der Waals surface area (Å²) < 4.78 is 12.1. The molecule has 3 aliphatic carbocycles. The second-order valence-corrected chi connectivity index (χ2v) is 12.4. The zero-order valence-corrected chi connectivity index (χ0v) is 22.9. The molecule has 40 heavy (non-hydrogen) atoms. The van der Waals surface area contributed by atoms with Gasteiger partial charge in [0.2, 0.25) is 5.91 Å². The van der Waals surface area contributed by atoms with E-state index in [1.807, 2.05) is 0 Å². The third kappa shape index (κ3) is 3.96. The Bertz CT molecular complexity index is 1510. The number of benzene rings is 1. The maximum absolute atomic E-state index is 14.1. The van der Waals surface area contributed by atoms with Gasteiger partial charge >= 0.3 is 0 Å². The molecule has 12 heteroatoms. The number of carbonyl (C=O) groups excluding carboxylic acids is 5. The van der Waals surface area contributed by atoms with Crippen molar-refractivity contribution in [1.82, 2.24) is 9.88 Å². The summed E-state index contributed by atoms with van der Waals surface area (Å²) in [6.07, 6.45) is 3.08. The molecule has 3 aliphatic rings. The Labute approximate surface area is 232 Å². The van der Waals surface area contributed by atoms with Crippen LogP contribution in [0, 0.1) is 23.7 Å². The van der Waals surface area contributed by atoms with Crippen LogP contribution in [0.4, 0.5) is 0 Å². The molecular formula is C28H29N3O8S. The Morgan fingerprint density at radius 1 is 1.20 bits per heavy atom. The lowest BCUT2D eigenvalue weighted by molar-refractivity contribution is -0.181. The van der Waals surface area contributed by atoms with Gasteiger partial charge in [-0.3, -0.25) is 38.1 Å². The Morgan fingerprint density at radius 2 is 1.90 bits per heavy atom. The molecule has 1 aromatic heterocycles. The number of aromatic hydroxyl groups is 1. The monoisotopic (exact) mass is 567 g/mol. The quantitative estimate of drug-likeness (QED) is 0.409. The molecule has 2 aromatic rings. The van der Waals surface area contributed by atoms with E-state index in [0.717, 1.165) is 0 Å².